The van der Waals surface area contributed by atoms with Gasteiger partial charge in [0.1, 0.15) is 5.60 Å². The molecule has 14 heteroatoms. The molecule has 4 atom stereocenters. The number of benzene rings is 2. The van der Waals surface area contributed by atoms with Crippen molar-refractivity contribution in [1.29, 1.82) is 0 Å². The molecule has 1 saturated carbocycles. The first-order valence-electron chi connectivity index (χ1n) is 12.2. The lowest BCUT2D eigenvalue weighted by Crippen LogP contribution is -2.39. The van der Waals surface area contributed by atoms with Crippen LogP contribution in [0, 0.1) is 29.3 Å². The van der Waals surface area contributed by atoms with Crippen LogP contribution in [0.3, 0.4) is 0 Å². The number of hydrogen-bond donors (Lipinski definition) is 1. The van der Waals surface area contributed by atoms with Gasteiger partial charge in [-0.05, 0) is 56.2 Å². The number of amides is 3. The van der Waals surface area contributed by atoms with Crippen molar-refractivity contribution in [1.82, 2.24) is 4.90 Å². The van der Waals surface area contributed by atoms with Gasteiger partial charge in [0, 0.05) is 23.4 Å². The van der Waals surface area contributed by atoms with Crippen molar-refractivity contribution < 1.29 is 45.4 Å². The summed E-state index contributed by atoms with van der Waals surface area (Å²) in [7, 11) is -3.03. The van der Waals surface area contributed by atoms with Gasteiger partial charge in [0.2, 0.25) is 0 Å². The van der Waals surface area contributed by atoms with Gasteiger partial charge >= 0.3 is 12.2 Å². The van der Waals surface area contributed by atoms with Crippen LogP contribution >= 0.6 is 11.6 Å². The Hall–Kier alpha value is -3.32. The van der Waals surface area contributed by atoms with Crippen LogP contribution in [-0.4, -0.2) is 55.9 Å². The van der Waals surface area contributed by atoms with Crippen molar-refractivity contribution in [2.75, 3.05) is 19.0 Å². The normalized spacial score (nSPS) is 24.6. The molecule has 2 aromatic carbocycles. The summed E-state index contributed by atoms with van der Waals surface area (Å²) in [6, 6.07) is 4.71. The molecule has 1 N–H and O–H groups in total. The molecule has 0 aromatic heterocycles. The summed E-state index contributed by atoms with van der Waals surface area (Å²) in [5.74, 6) is -6.40. The van der Waals surface area contributed by atoms with E-state index in [9.17, 15) is 36.0 Å². The minimum Gasteiger partial charge on any atom is -0.452 e. The Morgan fingerprint density at radius 1 is 1.18 bits per heavy atom. The topological polar surface area (TPSA) is 119 Å². The first-order valence-corrected chi connectivity index (χ1v) is 14.2. The SMILES string of the molecule is COC(=O)N1C[C@@](C)(C[C@@H]2CCC(C)C2S(=O)(=O)c2cc(C(=O)Nc3cc(F)c(F)c(F)c3)ccc2Cl)OC1=O. The minimum absolute atomic E-state index is 0.114. The highest BCUT2D eigenvalue weighted by molar-refractivity contribution is 7.92. The zero-order chi connectivity index (χ0) is 29.6. The van der Waals surface area contributed by atoms with E-state index in [2.05, 4.69) is 10.1 Å². The first kappa shape index (κ1) is 29.7. The van der Waals surface area contributed by atoms with Crippen molar-refractivity contribution in [3.8, 4) is 0 Å². The predicted molar refractivity (Wildman–Crippen MR) is 137 cm³/mol. The summed E-state index contributed by atoms with van der Waals surface area (Å²) >= 11 is 6.29. The lowest BCUT2D eigenvalue weighted by atomic mass is 9.90. The standard InChI is InChI=1S/C26H26ClF3N2O7S/c1-13-4-5-15(11-26(2)12-32(24(34)38-3)25(35)39-26)22(13)40(36,37)20-8-14(6-7-17(20)27)23(33)31-16-9-18(28)21(30)19(29)10-16/h6-10,13,15,22H,4-5,11-12H2,1-3H3,(H,31,33)/t13?,15-,22?,26+/m0/s1. The Bertz CT molecular complexity index is 1470. The number of nitrogens with zero attached hydrogens (tertiary/aromatic N) is 1. The predicted octanol–water partition coefficient (Wildman–Crippen LogP) is 5.57. The van der Waals surface area contributed by atoms with Gasteiger partial charge in [0.25, 0.3) is 5.91 Å². The number of carbonyl (C=O) groups excluding carboxylic acids is 3. The first-order chi connectivity index (χ1) is 18.7. The van der Waals surface area contributed by atoms with Crippen molar-refractivity contribution in [2.24, 2.45) is 11.8 Å². The third-order valence-corrected chi connectivity index (χ3v) is 10.2. The maximum Gasteiger partial charge on any atom is 0.420 e. The van der Waals surface area contributed by atoms with Crippen LogP contribution in [-0.2, 0) is 19.3 Å². The lowest BCUT2D eigenvalue weighted by molar-refractivity contribution is 0.0516. The smallest absolute Gasteiger partial charge is 0.420 e. The lowest BCUT2D eigenvalue weighted by Gasteiger charge is -2.30. The number of nitrogens with one attached hydrogen (secondary N) is 1. The number of sulfone groups is 1. The van der Waals surface area contributed by atoms with E-state index in [-0.39, 0.29) is 40.1 Å². The number of rotatable bonds is 6. The molecule has 2 fully saturated rings. The van der Waals surface area contributed by atoms with E-state index in [4.69, 9.17) is 16.3 Å². The fourth-order valence-corrected chi connectivity index (χ4v) is 8.35. The molecular formula is C26H26ClF3N2O7S. The maximum absolute atomic E-state index is 13.9. The maximum atomic E-state index is 13.9. The van der Waals surface area contributed by atoms with E-state index < -0.39 is 62.2 Å². The van der Waals surface area contributed by atoms with E-state index in [0.717, 1.165) is 18.1 Å². The highest BCUT2D eigenvalue weighted by atomic mass is 35.5. The Balaban J connectivity index is 1.60. The van der Waals surface area contributed by atoms with Crippen LogP contribution in [0.25, 0.3) is 0 Å². The van der Waals surface area contributed by atoms with Crippen molar-refractivity contribution in [3.63, 3.8) is 0 Å². The summed E-state index contributed by atoms with van der Waals surface area (Å²) in [5.41, 5.74) is -1.69. The molecule has 0 spiro atoms. The van der Waals surface area contributed by atoms with Crippen molar-refractivity contribution in [2.45, 2.75) is 48.9 Å². The monoisotopic (exact) mass is 602 g/mol. The van der Waals surface area contributed by atoms with Crippen LogP contribution in [0.1, 0.15) is 43.5 Å². The molecule has 4 rings (SSSR count). The molecular weight excluding hydrogens is 577 g/mol. The van der Waals surface area contributed by atoms with Gasteiger partial charge in [-0.3, -0.25) is 4.79 Å². The van der Waals surface area contributed by atoms with Crippen LogP contribution in [0.15, 0.2) is 35.2 Å². The molecule has 1 heterocycles. The van der Waals surface area contributed by atoms with Gasteiger partial charge in [-0.1, -0.05) is 18.5 Å². The van der Waals surface area contributed by atoms with E-state index in [1.54, 1.807) is 13.8 Å². The molecule has 2 aromatic rings. The molecule has 0 radical (unpaired) electrons. The molecule has 2 unspecified atom stereocenters. The zero-order valence-corrected chi connectivity index (χ0v) is 23.2. The fraction of sp³-hybridized carbons (Fsp3) is 0.423. The molecule has 1 saturated heterocycles. The molecule has 2 aliphatic rings. The van der Waals surface area contributed by atoms with Crippen LogP contribution in [0.5, 0.6) is 0 Å². The van der Waals surface area contributed by atoms with E-state index in [1.165, 1.54) is 12.1 Å². The largest absolute Gasteiger partial charge is 0.452 e. The van der Waals surface area contributed by atoms with E-state index in [0.29, 0.717) is 25.0 Å². The summed E-state index contributed by atoms with van der Waals surface area (Å²) in [5, 5.41) is 1.13. The van der Waals surface area contributed by atoms with Gasteiger partial charge in [0.15, 0.2) is 27.3 Å². The summed E-state index contributed by atoms with van der Waals surface area (Å²) in [6.07, 6.45) is -0.581. The van der Waals surface area contributed by atoms with Gasteiger partial charge in [-0.25, -0.2) is 36.1 Å². The van der Waals surface area contributed by atoms with Crippen molar-refractivity contribution in [3.05, 3.63) is 58.4 Å². The number of cyclic esters (lactones) is 1. The number of halogens is 4. The number of carbonyl (C=O) groups is 3. The van der Waals surface area contributed by atoms with Gasteiger partial charge in [-0.15, -0.1) is 0 Å². The molecule has 1 aliphatic heterocycles. The van der Waals surface area contributed by atoms with Crippen molar-refractivity contribution >= 4 is 45.2 Å². The van der Waals surface area contributed by atoms with Crippen LogP contribution in [0.4, 0.5) is 28.4 Å². The second-order valence-electron chi connectivity index (χ2n) is 10.3. The number of anilines is 1. The molecule has 216 valence electrons. The quantitative estimate of drug-likeness (QED) is 0.430. The van der Waals surface area contributed by atoms with Crippen LogP contribution in [0.2, 0.25) is 5.02 Å². The summed E-state index contributed by atoms with van der Waals surface area (Å²) in [4.78, 5) is 37.4. The van der Waals surface area contributed by atoms with E-state index in [1.807, 2.05) is 0 Å². The average Bonchev–Trinajstić information content (AvgIpc) is 3.39. The fourth-order valence-electron chi connectivity index (χ4n) is 5.50. The Morgan fingerprint density at radius 2 is 1.82 bits per heavy atom. The highest BCUT2D eigenvalue weighted by Gasteiger charge is 2.51. The second-order valence-corrected chi connectivity index (χ2v) is 12.7. The van der Waals surface area contributed by atoms with Gasteiger partial charge < -0.3 is 14.8 Å². The minimum atomic E-state index is -4.16. The van der Waals surface area contributed by atoms with Gasteiger partial charge in [0.05, 0.1) is 28.8 Å². The molecule has 3 amide bonds. The van der Waals surface area contributed by atoms with E-state index >= 15 is 0 Å². The highest BCUT2D eigenvalue weighted by Crippen LogP contribution is 2.45. The van der Waals surface area contributed by atoms with Gasteiger partial charge in [-0.2, -0.15) is 0 Å². The Morgan fingerprint density at radius 3 is 2.45 bits per heavy atom. The second kappa shape index (κ2) is 10.9. The third-order valence-electron chi connectivity index (χ3n) is 7.25. The molecule has 9 nitrogen and oxygen atoms in total. The number of methoxy groups -OCH3 is 1. The Labute approximate surface area is 233 Å². The number of hydrogen-bond acceptors (Lipinski definition) is 7. The third kappa shape index (κ3) is 5.62. The molecule has 1 aliphatic carbocycles. The number of ether oxygens (including phenoxy) is 2. The average molecular weight is 603 g/mol. The summed E-state index contributed by atoms with van der Waals surface area (Å²) < 4.78 is 78.3. The van der Waals surface area contributed by atoms with Crippen LogP contribution < -0.4 is 5.32 Å². The Kier molecular flexibility index (Phi) is 8.10. The summed E-state index contributed by atoms with van der Waals surface area (Å²) in [6.45, 7) is 3.27. The number of imide groups is 1. The zero-order valence-electron chi connectivity index (χ0n) is 21.7. The molecule has 40 heavy (non-hydrogen) atoms. The molecule has 0 bridgehead atoms.